The van der Waals surface area contributed by atoms with Crippen LogP contribution in [0.15, 0.2) is 18.2 Å². The van der Waals surface area contributed by atoms with Gasteiger partial charge >= 0.3 is 0 Å². The van der Waals surface area contributed by atoms with Crippen molar-refractivity contribution in [1.29, 1.82) is 0 Å². The van der Waals surface area contributed by atoms with E-state index in [0.29, 0.717) is 6.42 Å². The first-order valence-electron chi connectivity index (χ1n) is 8.80. The van der Waals surface area contributed by atoms with E-state index in [-0.39, 0.29) is 12.0 Å². The summed E-state index contributed by atoms with van der Waals surface area (Å²) in [5.74, 6) is 0.840. The second kappa shape index (κ2) is 8.82. The first-order valence-corrected chi connectivity index (χ1v) is 8.80. The largest absolute Gasteiger partial charge is 0.481 e. The van der Waals surface area contributed by atoms with Crippen molar-refractivity contribution in [3.63, 3.8) is 0 Å². The number of benzene rings is 1. The lowest BCUT2D eigenvalue weighted by Gasteiger charge is -2.20. The lowest BCUT2D eigenvalue weighted by Crippen LogP contribution is -2.38. The van der Waals surface area contributed by atoms with E-state index in [1.165, 1.54) is 36.8 Å². The van der Waals surface area contributed by atoms with E-state index in [4.69, 9.17) is 4.74 Å². The van der Waals surface area contributed by atoms with E-state index in [0.717, 1.165) is 31.6 Å². The molecule has 1 aromatic carbocycles. The number of carbonyl (C=O) groups excluding carboxylic acids is 1. The zero-order valence-electron chi connectivity index (χ0n) is 14.0. The minimum Gasteiger partial charge on any atom is -0.481 e. The van der Waals surface area contributed by atoms with E-state index in [1.54, 1.807) is 0 Å². The zero-order valence-corrected chi connectivity index (χ0v) is 14.0. The van der Waals surface area contributed by atoms with Crippen LogP contribution in [0.25, 0.3) is 0 Å². The first kappa shape index (κ1) is 16.9. The maximum atomic E-state index is 12.2. The second-order valence-electron chi connectivity index (χ2n) is 6.15. The number of amides is 1. The Hall–Kier alpha value is -1.51. The fraction of sp³-hybridized carbons (Fsp3) is 0.632. The van der Waals surface area contributed by atoms with Crippen LogP contribution >= 0.6 is 0 Å². The summed E-state index contributed by atoms with van der Waals surface area (Å²) in [5, 5.41) is 2.99. The van der Waals surface area contributed by atoms with E-state index in [9.17, 15) is 4.79 Å². The Morgan fingerprint density at radius 1 is 1.18 bits per heavy atom. The summed E-state index contributed by atoms with van der Waals surface area (Å²) in [7, 11) is 0. The molecule has 122 valence electrons. The molecule has 0 heterocycles. The number of aryl methyl sites for hydroxylation is 2. The Balaban J connectivity index is 1.90. The number of nitrogens with one attached hydrogen (secondary N) is 1. The average molecular weight is 303 g/mol. The molecular weight excluding hydrogens is 274 g/mol. The average Bonchev–Trinajstić information content (AvgIpc) is 2.56. The molecule has 0 aromatic heterocycles. The smallest absolute Gasteiger partial charge is 0.261 e. The van der Waals surface area contributed by atoms with Gasteiger partial charge in [-0.2, -0.15) is 0 Å². The Bertz CT molecular complexity index is 484. The van der Waals surface area contributed by atoms with Crippen LogP contribution in [-0.2, 0) is 17.6 Å². The van der Waals surface area contributed by atoms with Gasteiger partial charge in [-0.3, -0.25) is 4.79 Å². The predicted octanol–water partition coefficient (Wildman–Crippen LogP) is 4.03. The van der Waals surface area contributed by atoms with Crippen molar-refractivity contribution >= 4 is 5.91 Å². The van der Waals surface area contributed by atoms with Gasteiger partial charge in [0.15, 0.2) is 6.10 Å². The summed E-state index contributed by atoms with van der Waals surface area (Å²) >= 11 is 0. The molecule has 0 unspecified atom stereocenters. The van der Waals surface area contributed by atoms with Crippen LogP contribution in [0.3, 0.4) is 0 Å². The number of unbranched alkanes of at least 4 members (excludes halogenated alkanes) is 2. The molecule has 1 amide bonds. The number of hydrogen-bond acceptors (Lipinski definition) is 2. The Morgan fingerprint density at radius 3 is 2.68 bits per heavy atom. The molecule has 2 rings (SSSR count). The highest BCUT2D eigenvalue weighted by Crippen LogP contribution is 2.26. The summed E-state index contributed by atoms with van der Waals surface area (Å²) in [6, 6.07) is 6.30. The lowest BCUT2D eigenvalue weighted by molar-refractivity contribution is -0.128. The van der Waals surface area contributed by atoms with Gasteiger partial charge in [0.25, 0.3) is 5.91 Å². The normalized spacial score (nSPS) is 15.0. The molecule has 22 heavy (non-hydrogen) atoms. The molecule has 0 saturated carbocycles. The summed E-state index contributed by atoms with van der Waals surface area (Å²) in [5.41, 5.74) is 2.83. The molecule has 0 bridgehead atoms. The van der Waals surface area contributed by atoms with Crippen LogP contribution in [0.5, 0.6) is 5.75 Å². The molecule has 1 atom stereocenters. The van der Waals surface area contributed by atoms with Crippen LogP contribution in [-0.4, -0.2) is 18.6 Å². The molecule has 1 aliphatic carbocycles. The highest BCUT2D eigenvalue weighted by molar-refractivity contribution is 5.81. The standard InChI is InChI=1S/C19H29NO2/c1-3-5-8-13-20-19(21)18(4-2)22-17-12-11-15-9-6-7-10-16(15)14-17/h11-12,14,18H,3-10,13H2,1-2H3,(H,20,21)/t18-/m0/s1. The molecule has 0 fully saturated rings. The molecule has 0 spiro atoms. The van der Waals surface area contributed by atoms with E-state index in [1.807, 2.05) is 13.0 Å². The number of hydrogen-bond donors (Lipinski definition) is 1. The lowest BCUT2D eigenvalue weighted by atomic mass is 9.92. The van der Waals surface area contributed by atoms with E-state index >= 15 is 0 Å². The summed E-state index contributed by atoms with van der Waals surface area (Å²) in [6.07, 6.45) is 8.51. The third-order valence-electron chi connectivity index (χ3n) is 4.34. The third kappa shape index (κ3) is 4.75. The SMILES string of the molecule is CCCCCNC(=O)[C@H](CC)Oc1ccc2c(c1)CCCC2. The molecule has 3 heteroatoms. The van der Waals surface area contributed by atoms with Crippen LogP contribution in [0.2, 0.25) is 0 Å². The molecule has 1 aromatic rings. The number of rotatable bonds is 8. The van der Waals surface area contributed by atoms with Crippen molar-refractivity contribution in [1.82, 2.24) is 5.32 Å². The maximum absolute atomic E-state index is 12.2. The number of ether oxygens (including phenoxy) is 1. The van der Waals surface area contributed by atoms with Crippen LogP contribution in [0, 0.1) is 0 Å². The molecule has 0 radical (unpaired) electrons. The molecule has 0 saturated heterocycles. The van der Waals surface area contributed by atoms with Crippen molar-refractivity contribution in [3.8, 4) is 5.75 Å². The van der Waals surface area contributed by atoms with Gasteiger partial charge in [0.05, 0.1) is 0 Å². The van der Waals surface area contributed by atoms with Gasteiger partial charge in [0, 0.05) is 6.54 Å². The minimum absolute atomic E-state index is 0.0105. The van der Waals surface area contributed by atoms with Crippen molar-refractivity contribution in [2.24, 2.45) is 0 Å². The van der Waals surface area contributed by atoms with Crippen LogP contribution < -0.4 is 10.1 Å². The molecule has 0 aliphatic heterocycles. The van der Waals surface area contributed by atoms with Gasteiger partial charge in [-0.05, 0) is 61.8 Å². The molecule has 1 aliphatic rings. The summed E-state index contributed by atoms with van der Waals surface area (Å²) in [4.78, 5) is 12.2. The quantitative estimate of drug-likeness (QED) is 0.736. The van der Waals surface area contributed by atoms with Crippen LogP contribution in [0.1, 0.15) is 63.5 Å². The van der Waals surface area contributed by atoms with Gasteiger partial charge < -0.3 is 10.1 Å². The third-order valence-corrected chi connectivity index (χ3v) is 4.34. The number of fused-ring (bicyclic) bond motifs is 1. The highest BCUT2D eigenvalue weighted by Gasteiger charge is 2.18. The minimum atomic E-state index is -0.386. The number of carbonyl (C=O) groups is 1. The maximum Gasteiger partial charge on any atom is 0.261 e. The Morgan fingerprint density at radius 2 is 1.95 bits per heavy atom. The fourth-order valence-electron chi connectivity index (χ4n) is 2.97. The van der Waals surface area contributed by atoms with E-state index in [2.05, 4.69) is 24.4 Å². The highest BCUT2D eigenvalue weighted by atomic mass is 16.5. The van der Waals surface area contributed by atoms with Crippen LogP contribution in [0.4, 0.5) is 0 Å². The van der Waals surface area contributed by atoms with Gasteiger partial charge in [-0.25, -0.2) is 0 Å². The monoisotopic (exact) mass is 303 g/mol. The summed E-state index contributed by atoms with van der Waals surface area (Å²) < 4.78 is 5.94. The summed E-state index contributed by atoms with van der Waals surface area (Å²) in [6.45, 7) is 4.90. The molecule has 1 N–H and O–H groups in total. The molecular formula is C19H29NO2. The Kier molecular flexibility index (Phi) is 6.75. The van der Waals surface area contributed by atoms with Gasteiger partial charge in [-0.1, -0.05) is 32.8 Å². The second-order valence-corrected chi connectivity index (χ2v) is 6.15. The van der Waals surface area contributed by atoms with Gasteiger partial charge in [-0.15, -0.1) is 0 Å². The van der Waals surface area contributed by atoms with Crippen molar-refractivity contribution in [3.05, 3.63) is 29.3 Å². The van der Waals surface area contributed by atoms with Gasteiger partial charge in [0.1, 0.15) is 5.75 Å². The predicted molar refractivity (Wildman–Crippen MR) is 90.3 cm³/mol. The van der Waals surface area contributed by atoms with Crippen molar-refractivity contribution in [2.75, 3.05) is 6.54 Å². The zero-order chi connectivity index (χ0) is 15.8. The van der Waals surface area contributed by atoms with Crippen molar-refractivity contribution in [2.45, 2.75) is 71.3 Å². The first-order chi connectivity index (χ1) is 10.7. The Labute approximate surface area is 134 Å². The van der Waals surface area contributed by atoms with Gasteiger partial charge in [0.2, 0.25) is 0 Å². The molecule has 3 nitrogen and oxygen atoms in total. The fourth-order valence-corrected chi connectivity index (χ4v) is 2.97. The van der Waals surface area contributed by atoms with E-state index < -0.39 is 0 Å². The van der Waals surface area contributed by atoms with Crippen molar-refractivity contribution < 1.29 is 9.53 Å². The topological polar surface area (TPSA) is 38.3 Å².